The van der Waals surface area contributed by atoms with Gasteiger partial charge in [0.05, 0.1) is 12.0 Å². The predicted octanol–water partition coefficient (Wildman–Crippen LogP) is 1.96. The number of aliphatic carboxylic acids is 1. The Morgan fingerprint density at radius 1 is 1.44 bits per heavy atom. The highest BCUT2D eigenvalue weighted by molar-refractivity contribution is 5.70. The minimum atomic E-state index is -0.617. The highest BCUT2D eigenvalue weighted by atomic mass is 16.4. The summed E-state index contributed by atoms with van der Waals surface area (Å²) in [5, 5.41) is 15.4. The second-order valence-corrected chi connectivity index (χ2v) is 4.99. The lowest BCUT2D eigenvalue weighted by Crippen LogP contribution is -2.32. The zero-order valence-electron chi connectivity index (χ0n) is 9.80. The van der Waals surface area contributed by atoms with Crippen molar-refractivity contribution in [3.63, 3.8) is 0 Å². The van der Waals surface area contributed by atoms with E-state index in [1.165, 1.54) is 6.42 Å². The van der Waals surface area contributed by atoms with E-state index in [1.807, 2.05) is 18.3 Å². The molecule has 0 bridgehead atoms. The molecule has 0 spiro atoms. The van der Waals surface area contributed by atoms with E-state index in [2.05, 4.69) is 5.10 Å². The third-order valence-electron chi connectivity index (χ3n) is 3.95. The van der Waals surface area contributed by atoms with Crippen LogP contribution >= 0.6 is 0 Å². The van der Waals surface area contributed by atoms with Gasteiger partial charge in [0.2, 0.25) is 0 Å². The molecular weight excluding hydrogens is 204 g/mol. The first-order chi connectivity index (χ1) is 7.68. The first-order valence-corrected chi connectivity index (χ1v) is 6.16. The van der Waals surface area contributed by atoms with Crippen LogP contribution in [0.3, 0.4) is 0 Å². The maximum Gasteiger partial charge on any atom is 0.306 e. The van der Waals surface area contributed by atoms with Gasteiger partial charge in [-0.1, -0.05) is 12.8 Å². The molecule has 0 aromatic rings. The normalized spacial score (nSPS) is 35.1. The molecule has 1 heterocycles. The molecule has 0 aromatic carbocycles. The van der Waals surface area contributed by atoms with Crippen LogP contribution in [0.2, 0.25) is 0 Å². The molecule has 3 atom stereocenters. The number of hydrogen-bond donors (Lipinski definition) is 1. The number of carboxylic acid groups (broad SMARTS) is 1. The maximum absolute atomic E-state index is 11.1. The molecule has 2 rings (SSSR count). The van der Waals surface area contributed by atoms with Gasteiger partial charge in [-0.15, -0.1) is 0 Å². The summed E-state index contributed by atoms with van der Waals surface area (Å²) in [6.45, 7) is 0. The van der Waals surface area contributed by atoms with E-state index < -0.39 is 5.97 Å². The molecule has 1 aliphatic carbocycles. The standard InChI is InChI=1S/C12H20N2O2/c1-14-11(6-7-13-14)9-4-2-3-5-10(8-9)12(15)16/h7,9-11H,2-6,8H2,1H3,(H,15,16). The molecule has 0 radical (unpaired) electrons. The minimum absolute atomic E-state index is 0.138. The topological polar surface area (TPSA) is 52.9 Å². The van der Waals surface area contributed by atoms with Gasteiger partial charge >= 0.3 is 5.97 Å². The van der Waals surface area contributed by atoms with E-state index in [0.717, 1.165) is 32.1 Å². The molecule has 3 unspecified atom stereocenters. The molecule has 0 aromatic heterocycles. The Hall–Kier alpha value is -1.06. The van der Waals surface area contributed by atoms with Gasteiger partial charge in [0.1, 0.15) is 0 Å². The number of hydrogen-bond acceptors (Lipinski definition) is 3. The Bertz CT molecular complexity index is 291. The Morgan fingerprint density at radius 2 is 2.19 bits per heavy atom. The number of rotatable bonds is 2. The first kappa shape index (κ1) is 11.4. The molecule has 1 fully saturated rings. The van der Waals surface area contributed by atoms with Gasteiger partial charge in [-0.25, -0.2) is 0 Å². The van der Waals surface area contributed by atoms with Crippen LogP contribution in [-0.4, -0.2) is 35.4 Å². The number of nitrogens with zero attached hydrogens (tertiary/aromatic N) is 2. The van der Waals surface area contributed by atoms with Crippen molar-refractivity contribution in [2.75, 3.05) is 7.05 Å². The SMILES string of the molecule is CN1N=CCC1C1CCCCC(C(=O)O)C1. The highest BCUT2D eigenvalue weighted by Crippen LogP contribution is 2.33. The van der Waals surface area contributed by atoms with E-state index in [9.17, 15) is 4.79 Å². The summed E-state index contributed by atoms with van der Waals surface area (Å²) in [4.78, 5) is 11.1. The van der Waals surface area contributed by atoms with Crippen molar-refractivity contribution in [3.05, 3.63) is 0 Å². The Morgan fingerprint density at radius 3 is 2.81 bits per heavy atom. The van der Waals surface area contributed by atoms with Gasteiger partial charge in [-0.2, -0.15) is 5.10 Å². The molecular formula is C12H20N2O2. The number of carbonyl (C=O) groups is 1. The smallest absolute Gasteiger partial charge is 0.306 e. The third kappa shape index (κ3) is 2.36. The molecule has 90 valence electrons. The molecule has 4 nitrogen and oxygen atoms in total. The summed E-state index contributed by atoms with van der Waals surface area (Å²) < 4.78 is 0. The molecule has 2 aliphatic rings. The fraction of sp³-hybridized carbons (Fsp3) is 0.833. The summed E-state index contributed by atoms with van der Waals surface area (Å²) in [6.07, 6.45) is 7.99. The van der Waals surface area contributed by atoms with Crippen LogP contribution in [0, 0.1) is 11.8 Å². The monoisotopic (exact) mass is 224 g/mol. The highest BCUT2D eigenvalue weighted by Gasteiger charge is 2.32. The van der Waals surface area contributed by atoms with Gasteiger partial charge < -0.3 is 5.11 Å². The van der Waals surface area contributed by atoms with E-state index in [-0.39, 0.29) is 5.92 Å². The Kier molecular flexibility index (Phi) is 3.46. The van der Waals surface area contributed by atoms with Gasteiger partial charge in [0.25, 0.3) is 0 Å². The van der Waals surface area contributed by atoms with E-state index in [0.29, 0.717) is 12.0 Å². The summed E-state index contributed by atoms with van der Waals surface area (Å²) in [7, 11) is 1.99. The van der Waals surface area contributed by atoms with E-state index in [1.54, 1.807) is 0 Å². The number of carboxylic acids is 1. The number of hydrazone groups is 1. The molecule has 1 N–H and O–H groups in total. The second kappa shape index (κ2) is 4.85. The average molecular weight is 224 g/mol. The second-order valence-electron chi connectivity index (χ2n) is 4.99. The van der Waals surface area contributed by atoms with Crippen LogP contribution < -0.4 is 0 Å². The molecule has 0 saturated heterocycles. The average Bonchev–Trinajstić information content (AvgIpc) is 2.54. The predicted molar refractivity (Wildman–Crippen MR) is 62.4 cm³/mol. The Labute approximate surface area is 96.3 Å². The van der Waals surface area contributed by atoms with Crippen molar-refractivity contribution >= 4 is 12.2 Å². The zero-order chi connectivity index (χ0) is 11.5. The van der Waals surface area contributed by atoms with Crippen molar-refractivity contribution in [1.82, 2.24) is 5.01 Å². The maximum atomic E-state index is 11.1. The van der Waals surface area contributed by atoms with Crippen molar-refractivity contribution in [2.24, 2.45) is 16.9 Å². The van der Waals surface area contributed by atoms with Crippen molar-refractivity contribution in [1.29, 1.82) is 0 Å². The lowest BCUT2D eigenvalue weighted by atomic mass is 9.86. The molecule has 0 amide bonds. The van der Waals surface area contributed by atoms with Crippen LogP contribution in [0.4, 0.5) is 0 Å². The van der Waals surface area contributed by atoms with Crippen molar-refractivity contribution < 1.29 is 9.90 Å². The molecule has 16 heavy (non-hydrogen) atoms. The van der Waals surface area contributed by atoms with Gasteiger partial charge in [-0.05, 0) is 25.2 Å². The lowest BCUT2D eigenvalue weighted by molar-refractivity contribution is -0.142. The van der Waals surface area contributed by atoms with Crippen LogP contribution in [-0.2, 0) is 4.79 Å². The van der Waals surface area contributed by atoms with Crippen LogP contribution in [0.15, 0.2) is 5.10 Å². The summed E-state index contributed by atoms with van der Waals surface area (Å²) in [5.41, 5.74) is 0. The van der Waals surface area contributed by atoms with Gasteiger partial charge in [-0.3, -0.25) is 9.80 Å². The summed E-state index contributed by atoms with van der Waals surface area (Å²) >= 11 is 0. The lowest BCUT2D eigenvalue weighted by Gasteiger charge is -2.28. The zero-order valence-corrected chi connectivity index (χ0v) is 9.80. The van der Waals surface area contributed by atoms with E-state index in [4.69, 9.17) is 5.11 Å². The van der Waals surface area contributed by atoms with Gasteiger partial charge in [0.15, 0.2) is 0 Å². The fourth-order valence-electron chi connectivity index (χ4n) is 2.99. The summed E-state index contributed by atoms with van der Waals surface area (Å²) in [6, 6.07) is 0.431. The third-order valence-corrected chi connectivity index (χ3v) is 3.95. The Balaban J connectivity index is 2.00. The van der Waals surface area contributed by atoms with Crippen molar-refractivity contribution in [3.8, 4) is 0 Å². The fourth-order valence-corrected chi connectivity index (χ4v) is 2.99. The van der Waals surface area contributed by atoms with Crippen LogP contribution in [0.25, 0.3) is 0 Å². The quantitative estimate of drug-likeness (QED) is 0.729. The molecule has 4 heteroatoms. The van der Waals surface area contributed by atoms with Crippen LogP contribution in [0.1, 0.15) is 38.5 Å². The van der Waals surface area contributed by atoms with Crippen LogP contribution in [0.5, 0.6) is 0 Å². The first-order valence-electron chi connectivity index (χ1n) is 6.16. The van der Waals surface area contributed by atoms with Gasteiger partial charge in [0, 0.05) is 19.7 Å². The molecule has 1 saturated carbocycles. The molecule has 1 aliphatic heterocycles. The van der Waals surface area contributed by atoms with Crippen molar-refractivity contribution in [2.45, 2.75) is 44.6 Å². The largest absolute Gasteiger partial charge is 0.481 e. The summed E-state index contributed by atoms with van der Waals surface area (Å²) in [5.74, 6) is -0.258. The van der Waals surface area contributed by atoms with E-state index >= 15 is 0 Å². The minimum Gasteiger partial charge on any atom is -0.481 e.